The van der Waals surface area contributed by atoms with Crippen LogP contribution in [-0.2, 0) is 0 Å². The van der Waals surface area contributed by atoms with Gasteiger partial charge in [-0.3, -0.25) is 14.9 Å². The third-order valence-corrected chi connectivity index (χ3v) is 3.79. The number of nitrogens with one attached hydrogen (secondary N) is 1. The molecule has 0 fully saturated rings. The number of hydrogen-bond acceptors (Lipinski definition) is 4. The largest absolute Gasteiger partial charge is 0.457 e. The zero-order valence-corrected chi connectivity index (χ0v) is 14.1. The minimum Gasteiger partial charge on any atom is -0.457 e. The van der Waals surface area contributed by atoms with E-state index in [0.717, 1.165) is 6.07 Å². The van der Waals surface area contributed by atoms with Crippen molar-refractivity contribution in [1.29, 1.82) is 0 Å². The summed E-state index contributed by atoms with van der Waals surface area (Å²) < 4.78 is 5.72. The van der Waals surface area contributed by atoms with Crippen molar-refractivity contribution in [2.45, 2.75) is 0 Å². The van der Waals surface area contributed by atoms with Crippen molar-refractivity contribution < 1.29 is 14.5 Å². The maximum absolute atomic E-state index is 12.4. The maximum atomic E-state index is 12.4. The Morgan fingerprint density at radius 1 is 0.962 bits per heavy atom. The van der Waals surface area contributed by atoms with Gasteiger partial charge in [-0.1, -0.05) is 35.9 Å². The molecule has 3 aromatic rings. The van der Waals surface area contributed by atoms with Crippen LogP contribution in [0.2, 0.25) is 5.02 Å². The van der Waals surface area contributed by atoms with Crippen LogP contribution in [0.5, 0.6) is 11.5 Å². The normalized spacial score (nSPS) is 10.2. The molecule has 0 unspecified atom stereocenters. The standard InChI is InChI=1S/C19H13ClN2O4/c20-18-12-14(22(24)25)9-10-17(18)19(23)21-13-5-4-8-16(11-13)26-15-6-2-1-3-7-15/h1-12H,(H,21,23). The van der Waals surface area contributed by atoms with Gasteiger partial charge in [0.05, 0.1) is 15.5 Å². The number of ether oxygens (including phenoxy) is 1. The molecular weight excluding hydrogens is 356 g/mol. The van der Waals surface area contributed by atoms with Crippen molar-refractivity contribution in [3.8, 4) is 11.5 Å². The van der Waals surface area contributed by atoms with Gasteiger partial charge in [-0.2, -0.15) is 0 Å². The third kappa shape index (κ3) is 4.17. The summed E-state index contributed by atoms with van der Waals surface area (Å²) >= 11 is 5.98. The molecule has 3 aromatic carbocycles. The van der Waals surface area contributed by atoms with Crippen LogP contribution in [0.15, 0.2) is 72.8 Å². The van der Waals surface area contributed by atoms with Gasteiger partial charge in [-0.25, -0.2) is 0 Å². The molecule has 0 bridgehead atoms. The fourth-order valence-electron chi connectivity index (χ4n) is 2.26. The van der Waals surface area contributed by atoms with E-state index in [4.69, 9.17) is 16.3 Å². The van der Waals surface area contributed by atoms with Gasteiger partial charge < -0.3 is 10.1 Å². The number of anilines is 1. The molecule has 130 valence electrons. The second-order valence-corrected chi connectivity index (χ2v) is 5.73. The number of benzene rings is 3. The molecule has 0 aliphatic carbocycles. The Morgan fingerprint density at radius 2 is 1.69 bits per heavy atom. The fraction of sp³-hybridized carbons (Fsp3) is 0. The van der Waals surface area contributed by atoms with Gasteiger partial charge >= 0.3 is 0 Å². The second-order valence-electron chi connectivity index (χ2n) is 5.32. The number of nitro groups is 1. The number of nitrogens with zero attached hydrogens (tertiary/aromatic N) is 1. The number of nitro benzene ring substituents is 1. The molecule has 3 rings (SSSR count). The zero-order chi connectivity index (χ0) is 18.5. The first-order valence-corrected chi connectivity index (χ1v) is 7.99. The average Bonchev–Trinajstić information content (AvgIpc) is 2.62. The lowest BCUT2D eigenvalue weighted by Crippen LogP contribution is -2.12. The van der Waals surface area contributed by atoms with Gasteiger partial charge in [-0.05, 0) is 30.3 Å². The summed E-state index contributed by atoms with van der Waals surface area (Å²) in [5.74, 6) is 0.764. The molecule has 0 saturated heterocycles. The van der Waals surface area contributed by atoms with Crippen LogP contribution in [0.1, 0.15) is 10.4 Å². The van der Waals surface area contributed by atoms with E-state index < -0.39 is 10.8 Å². The lowest BCUT2D eigenvalue weighted by atomic mass is 10.2. The number of amides is 1. The van der Waals surface area contributed by atoms with Crippen LogP contribution in [0.4, 0.5) is 11.4 Å². The molecule has 1 N–H and O–H groups in total. The summed E-state index contributed by atoms with van der Waals surface area (Å²) in [6.45, 7) is 0. The van der Waals surface area contributed by atoms with Crippen molar-refractivity contribution in [1.82, 2.24) is 0 Å². The molecule has 0 aliphatic rings. The summed E-state index contributed by atoms with van der Waals surface area (Å²) in [5, 5.41) is 13.5. The Bertz CT molecular complexity index is 961. The van der Waals surface area contributed by atoms with Gasteiger partial charge in [0.1, 0.15) is 11.5 Å². The molecule has 1 amide bonds. The van der Waals surface area contributed by atoms with Crippen LogP contribution < -0.4 is 10.1 Å². The van der Waals surface area contributed by atoms with E-state index in [1.54, 1.807) is 24.3 Å². The number of carbonyl (C=O) groups excluding carboxylic acids is 1. The summed E-state index contributed by atoms with van der Waals surface area (Å²) in [4.78, 5) is 22.6. The highest BCUT2D eigenvalue weighted by Crippen LogP contribution is 2.26. The van der Waals surface area contributed by atoms with Crippen LogP contribution in [0.25, 0.3) is 0 Å². The Labute approximate surface area is 154 Å². The molecule has 0 spiro atoms. The summed E-state index contributed by atoms with van der Waals surface area (Å²) in [6.07, 6.45) is 0. The maximum Gasteiger partial charge on any atom is 0.270 e. The zero-order valence-electron chi connectivity index (χ0n) is 13.4. The smallest absolute Gasteiger partial charge is 0.270 e. The van der Waals surface area contributed by atoms with Crippen LogP contribution in [0, 0.1) is 10.1 Å². The van der Waals surface area contributed by atoms with Gasteiger partial charge in [0, 0.05) is 23.9 Å². The van der Waals surface area contributed by atoms with E-state index in [2.05, 4.69) is 5.32 Å². The minimum atomic E-state index is -0.571. The SMILES string of the molecule is O=C(Nc1cccc(Oc2ccccc2)c1)c1ccc([N+](=O)[O-])cc1Cl. The van der Waals surface area contributed by atoms with E-state index in [9.17, 15) is 14.9 Å². The first-order chi connectivity index (χ1) is 12.5. The van der Waals surface area contributed by atoms with Gasteiger partial charge in [-0.15, -0.1) is 0 Å². The van der Waals surface area contributed by atoms with E-state index in [1.165, 1.54) is 12.1 Å². The van der Waals surface area contributed by atoms with Gasteiger partial charge in [0.15, 0.2) is 0 Å². The molecule has 26 heavy (non-hydrogen) atoms. The number of halogens is 1. The lowest BCUT2D eigenvalue weighted by molar-refractivity contribution is -0.384. The minimum absolute atomic E-state index is 0.00777. The van der Waals surface area contributed by atoms with Crippen molar-refractivity contribution in [3.05, 3.63) is 93.5 Å². The Balaban J connectivity index is 1.75. The molecule has 0 saturated carbocycles. The highest BCUT2D eigenvalue weighted by atomic mass is 35.5. The molecule has 7 heteroatoms. The molecule has 0 atom stereocenters. The summed E-state index contributed by atoms with van der Waals surface area (Å²) in [6, 6.07) is 19.8. The highest BCUT2D eigenvalue weighted by Gasteiger charge is 2.15. The first kappa shape index (κ1) is 17.4. The highest BCUT2D eigenvalue weighted by molar-refractivity contribution is 6.34. The van der Waals surface area contributed by atoms with E-state index in [-0.39, 0.29) is 16.3 Å². The van der Waals surface area contributed by atoms with Crippen LogP contribution in [0.3, 0.4) is 0 Å². The summed E-state index contributed by atoms with van der Waals surface area (Å²) in [7, 11) is 0. The monoisotopic (exact) mass is 368 g/mol. The average molecular weight is 369 g/mol. The van der Waals surface area contributed by atoms with Crippen molar-refractivity contribution in [3.63, 3.8) is 0 Å². The number of rotatable bonds is 5. The van der Waals surface area contributed by atoms with Crippen molar-refractivity contribution in [2.24, 2.45) is 0 Å². The summed E-state index contributed by atoms with van der Waals surface area (Å²) in [5.41, 5.74) is 0.481. The van der Waals surface area contributed by atoms with Crippen molar-refractivity contribution >= 4 is 28.9 Å². The second kappa shape index (κ2) is 7.67. The molecular formula is C19H13ClN2O4. The number of para-hydroxylation sites is 1. The fourth-order valence-corrected chi connectivity index (χ4v) is 2.52. The number of carbonyl (C=O) groups is 1. The Hall–Kier alpha value is -3.38. The third-order valence-electron chi connectivity index (χ3n) is 3.48. The van der Waals surface area contributed by atoms with E-state index >= 15 is 0 Å². The predicted octanol–water partition coefficient (Wildman–Crippen LogP) is 5.29. The topological polar surface area (TPSA) is 81.5 Å². The quantitative estimate of drug-likeness (QED) is 0.489. The Morgan fingerprint density at radius 3 is 2.38 bits per heavy atom. The molecule has 0 aliphatic heterocycles. The van der Waals surface area contributed by atoms with E-state index in [0.29, 0.717) is 17.2 Å². The van der Waals surface area contributed by atoms with Gasteiger partial charge in [0.25, 0.3) is 11.6 Å². The first-order valence-electron chi connectivity index (χ1n) is 7.61. The molecule has 6 nitrogen and oxygen atoms in total. The van der Waals surface area contributed by atoms with E-state index in [1.807, 2.05) is 30.3 Å². The molecule has 0 radical (unpaired) electrons. The Kier molecular flexibility index (Phi) is 5.15. The predicted molar refractivity (Wildman–Crippen MR) is 99.0 cm³/mol. The van der Waals surface area contributed by atoms with Crippen LogP contribution in [-0.4, -0.2) is 10.8 Å². The molecule has 0 heterocycles. The van der Waals surface area contributed by atoms with Crippen molar-refractivity contribution in [2.75, 3.05) is 5.32 Å². The molecule has 0 aromatic heterocycles. The van der Waals surface area contributed by atoms with Gasteiger partial charge in [0.2, 0.25) is 0 Å². The number of non-ortho nitro benzene ring substituents is 1. The lowest BCUT2D eigenvalue weighted by Gasteiger charge is -2.09. The number of hydrogen-bond donors (Lipinski definition) is 1. The van der Waals surface area contributed by atoms with Crippen LogP contribution >= 0.6 is 11.6 Å².